The quantitative estimate of drug-likeness (QED) is 0.161. The number of unbranched alkanes of at least 4 members (excludes halogenated alkanes) is 1. The third-order valence-corrected chi connectivity index (χ3v) is 2.36. The van der Waals surface area contributed by atoms with Crippen LogP contribution in [0, 0.1) is 11.3 Å². The lowest BCUT2D eigenvalue weighted by molar-refractivity contribution is 0.305. The van der Waals surface area contributed by atoms with E-state index in [1.807, 2.05) is 0 Å². The second kappa shape index (κ2) is 7.58. The molecule has 1 unspecified atom stereocenters. The second-order valence-corrected chi connectivity index (χ2v) is 3.67. The Morgan fingerprint density at radius 3 is 2.64 bits per heavy atom. The van der Waals surface area contributed by atoms with E-state index < -0.39 is 0 Å². The molecule has 0 bridgehead atoms. The highest BCUT2D eigenvalue weighted by Crippen LogP contribution is 2.10. The van der Waals surface area contributed by atoms with Crippen LogP contribution in [0.1, 0.15) is 39.5 Å². The second-order valence-electron chi connectivity index (χ2n) is 3.67. The SMILES string of the molecule is CCC(C)CCCCNN(N)C(=N)N. The van der Waals surface area contributed by atoms with Crippen LogP contribution in [0.15, 0.2) is 0 Å². The summed E-state index contributed by atoms with van der Waals surface area (Å²) in [6.45, 7) is 5.24. The summed E-state index contributed by atoms with van der Waals surface area (Å²) in [6, 6.07) is 0. The van der Waals surface area contributed by atoms with Crippen LogP contribution in [0.4, 0.5) is 0 Å². The van der Waals surface area contributed by atoms with Crippen LogP contribution in [0.25, 0.3) is 0 Å². The van der Waals surface area contributed by atoms with Crippen LogP contribution in [-0.2, 0) is 0 Å². The number of hydrogen-bond donors (Lipinski definition) is 4. The van der Waals surface area contributed by atoms with Crippen LogP contribution in [-0.4, -0.2) is 17.6 Å². The Morgan fingerprint density at radius 2 is 2.14 bits per heavy atom. The summed E-state index contributed by atoms with van der Waals surface area (Å²) in [5, 5.41) is 8.04. The molecule has 0 amide bonds. The Morgan fingerprint density at radius 1 is 1.50 bits per heavy atom. The van der Waals surface area contributed by atoms with E-state index in [1.54, 1.807) is 0 Å². The van der Waals surface area contributed by atoms with Crippen LogP contribution in [0.2, 0.25) is 0 Å². The number of rotatable bonds is 7. The lowest BCUT2D eigenvalue weighted by Crippen LogP contribution is -2.51. The first kappa shape index (κ1) is 13.2. The zero-order chi connectivity index (χ0) is 11.0. The molecule has 5 nitrogen and oxygen atoms in total. The first-order chi connectivity index (χ1) is 6.57. The van der Waals surface area contributed by atoms with Gasteiger partial charge in [-0.15, -0.1) is 0 Å². The Labute approximate surface area is 86.3 Å². The Bertz CT molecular complexity index is 159. The summed E-state index contributed by atoms with van der Waals surface area (Å²) in [7, 11) is 0. The Hall–Kier alpha value is -0.810. The number of guanidine groups is 1. The number of hydrazine groups is 2. The molecular weight excluding hydrogens is 178 g/mol. The van der Waals surface area contributed by atoms with Crippen molar-refractivity contribution < 1.29 is 0 Å². The van der Waals surface area contributed by atoms with Crippen molar-refractivity contribution in [3.05, 3.63) is 0 Å². The molecule has 0 aliphatic carbocycles. The molecule has 0 aliphatic rings. The lowest BCUT2D eigenvalue weighted by atomic mass is 10.0. The molecule has 0 rings (SSSR count). The van der Waals surface area contributed by atoms with Gasteiger partial charge in [0, 0.05) is 6.54 Å². The van der Waals surface area contributed by atoms with Crippen molar-refractivity contribution in [1.29, 1.82) is 5.41 Å². The first-order valence-electron chi connectivity index (χ1n) is 5.20. The number of nitrogens with zero attached hydrogens (tertiary/aromatic N) is 1. The third-order valence-electron chi connectivity index (χ3n) is 2.36. The topological polar surface area (TPSA) is 91.2 Å². The molecule has 0 aliphatic heterocycles. The van der Waals surface area contributed by atoms with E-state index >= 15 is 0 Å². The molecule has 0 heterocycles. The highest BCUT2D eigenvalue weighted by molar-refractivity contribution is 5.73. The molecule has 14 heavy (non-hydrogen) atoms. The maximum atomic E-state index is 6.99. The standard InChI is InChI=1S/C9H23N5/c1-3-8(2)6-4-5-7-13-14(12)9(10)11/h8,13H,3-7,12H2,1-2H3,(H3,10,11). The molecule has 1 atom stereocenters. The van der Waals surface area contributed by atoms with Gasteiger partial charge in [0.05, 0.1) is 0 Å². The molecular formula is C9H23N5. The van der Waals surface area contributed by atoms with Gasteiger partial charge in [-0.25, -0.2) is 16.4 Å². The normalized spacial score (nSPS) is 12.5. The maximum absolute atomic E-state index is 6.99. The summed E-state index contributed by atoms with van der Waals surface area (Å²) in [5.74, 6) is 6.00. The number of nitrogens with one attached hydrogen (secondary N) is 2. The molecule has 0 fully saturated rings. The molecule has 0 aromatic heterocycles. The monoisotopic (exact) mass is 201 g/mol. The molecule has 0 aromatic carbocycles. The van der Waals surface area contributed by atoms with Crippen molar-refractivity contribution in [2.45, 2.75) is 39.5 Å². The van der Waals surface area contributed by atoms with Crippen molar-refractivity contribution >= 4 is 5.96 Å². The highest BCUT2D eigenvalue weighted by atomic mass is 15.7. The minimum absolute atomic E-state index is 0.160. The largest absolute Gasteiger partial charge is 0.368 e. The van der Waals surface area contributed by atoms with Crippen molar-refractivity contribution in [1.82, 2.24) is 10.5 Å². The van der Waals surface area contributed by atoms with Crippen LogP contribution in [0.5, 0.6) is 0 Å². The average molecular weight is 201 g/mol. The predicted octanol–water partition coefficient (Wildman–Crippen LogP) is 0.777. The summed E-state index contributed by atoms with van der Waals surface area (Å²) in [4.78, 5) is 0. The minimum atomic E-state index is -0.160. The summed E-state index contributed by atoms with van der Waals surface area (Å²) in [5.41, 5.74) is 7.98. The maximum Gasteiger partial charge on any atom is 0.218 e. The van der Waals surface area contributed by atoms with Crippen molar-refractivity contribution in [3.63, 3.8) is 0 Å². The van der Waals surface area contributed by atoms with Gasteiger partial charge in [0.15, 0.2) is 0 Å². The zero-order valence-electron chi connectivity index (χ0n) is 9.21. The fraction of sp³-hybridized carbons (Fsp3) is 0.889. The van der Waals surface area contributed by atoms with Gasteiger partial charge in [0.1, 0.15) is 0 Å². The summed E-state index contributed by atoms with van der Waals surface area (Å²) < 4.78 is 0. The van der Waals surface area contributed by atoms with Gasteiger partial charge >= 0.3 is 0 Å². The van der Waals surface area contributed by atoms with Gasteiger partial charge in [-0.1, -0.05) is 33.1 Å². The van der Waals surface area contributed by atoms with Gasteiger partial charge in [-0.05, 0) is 12.3 Å². The van der Waals surface area contributed by atoms with Gasteiger partial charge < -0.3 is 5.73 Å². The Balaban J connectivity index is 3.25. The van der Waals surface area contributed by atoms with Crippen LogP contribution >= 0.6 is 0 Å². The van der Waals surface area contributed by atoms with E-state index in [0.717, 1.165) is 24.0 Å². The summed E-state index contributed by atoms with van der Waals surface area (Å²) in [6.07, 6.45) is 4.74. The fourth-order valence-corrected chi connectivity index (χ4v) is 1.11. The van der Waals surface area contributed by atoms with Gasteiger partial charge in [0.2, 0.25) is 5.96 Å². The Kier molecular flexibility index (Phi) is 7.14. The zero-order valence-corrected chi connectivity index (χ0v) is 9.21. The molecule has 0 radical (unpaired) electrons. The fourth-order valence-electron chi connectivity index (χ4n) is 1.11. The van der Waals surface area contributed by atoms with Gasteiger partial charge in [-0.2, -0.15) is 0 Å². The molecule has 84 valence electrons. The van der Waals surface area contributed by atoms with E-state index in [9.17, 15) is 0 Å². The van der Waals surface area contributed by atoms with Crippen molar-refractivity contribution in [3.8, 4) is 0 Å². The smallest absolute Gasteiger partial charge is 0.218 e. The van der Waals surface area contributed by atoms with Gasteiger partial charge in [0.25, 0.3) is 0 Å². The molecule has 5 heteroatoms. The van der Waals surface area contributed by atoms with E-state index in [-0.39, 0.29) is 5.96 Å². The van der Waals surface area contributed by atoms with Crippen molar-refractivity contribution in [2.24, 2.45) is 17.5 Å². The third kappa shape index (κ3) is 6.68. The number of nitrogens with two attached hydrogens (primary N) is 2. The molecule has 0 saturated heterocycles. The first-order valence-corrected chi connectivity index (χ1v) is 5.20. The van der Waals surface area contributed by atoms with E-state index in [4.69, 9.17) is 17.0 Å². The summed E-state index contributed by atoms with van der Waals surface area (Å²) >= 11 is 0. The molecule has 0 saturated carbocycles. The van der Waals surface area contributed by atoms with E-state index in [2.05, 4.69) is 19.3 Å². The van der Waals surface area contributed by atoms with Crippen molar-refractivity contribution in [2.75, 3.05) is 6.54 Å². The molecule has 0 spiro atoms. The number of hydrogen-bond acceptors (Lipinski definition) is 3. The average Bonchev–Trinajstić information content (AvgIpc) is 2.16. The van der Waals surface area contributed by atoms with Crippen LogP contribution < -0.4 is 17.0 Å². The lowest BCUT2D eigenvalue weighted by Gasteiger charge is -2.17. The van der Waals surface area contributed by atoms with Crippen LogP contribution in [0.3, 0.4) is 0 Å². The molecule has 0 aromatic rings. The van der Waals surface area contributed by atoms with E-state index in [0.29, 0.717) is 0 Å². The molecule has 6 N–H and O–H groups in total. The van der Waals surface area contributed by atoms with E-state index in [1.165, 1.54) is 19.3 Å². The van der Waals surface area contributed by atoms with Gasteiger partial charge in [-0.3, -0.25) is 5.41 Å². The highest BCUT2D eigenvalue weighted by Gasteiger charge is 2.00. The minimum Gasteiger partial charge on any atom is -0.368 e. The predicted molar refractivity (Wildman–Crippen MR) is 59.2 cm³/mol.